The molecule has 0 amide bonds. The molecule has 4 nitrogen and oxygen atoms in total. The number of anilines is 1. The van der Waals surface area contributed by atoms with Crippen molar-refractivity contribution < 1.29 is 4.74 Å². The van der Waals surface area contributed by atoms with Crippen LogP contribution >= 0.6 is 0 Å². The molecule has 1 unspecified atom stereocenters. The van der Waals surface area contributed by atoms with Crippen LogP contribution in [0.5, 0.6) is 0 Å². The van der Waals surface area contributed by atoms with E-state index >= 15 is 0 Å². The number of rotatable bonds is 1. The van der Waals surface area contributed by atoms with Crippen LogP contribution in [-0.4, -0.2) is 16.6 Å². The van der Waals surface area contributed by atoms with Gasteiger partial charge in [-0.05, 0) is 0 Å². The van der Waals surface area contributed by atoms with Crippen LogP contribution in [0.3, 0.4) is 0 Å². The van der Waals surface area contributed by atoms with Crippen molar-refractivity contribution >= 4 is 5.69 Å². The minimum Gasteiger partial charge on any atom is -0.396 e. The minimum absolute atomic E-state index is 0.109. The summed E-state index contributed by atoms with van der Waals surface area (Å²) in [5.74, 6) is 0. The van der Waals surface area contributed by atoms with Gasteiger partial charge in [0.25, 0.3) is 0 Å². The molecule has 1 aliphatic rings. The highest BCUT2D eigenvalue weighted by molar-refractivity contribution is 5.41. The fourth-order valence-electron chi connectivity index (χ4n) is 1.07. The predicted octanol–water partition coefficient (Wildman–Crippen LogP) is 0.520. The summed E-state index contributed by atoms with van der Waals surface area (Å²) in [7, 11) is 0. The van der Waals surface area contributed by atoms with E-state index in [4.69, 9.17) is 10.5 Å². The lowest BCUT2D eigenvalue weighted by Crippen LogP contribution is -2.20. The van der Waals surface area contributed by atoms with Gasteiger partial charge < -0.3 is 10.5 Å². The molecule has 1 atom stereocenters. The first-order valence-corrected chi connectivity index (χ1v) is 3.55. The van der Waals surface area contributed by atoms with Gasteiger partial charge in [-0.3, -0.25) is 0 Å². The van der Waals surface area contributed by atoms with Crippen LogP contribution < -0.4 is 5.73 Å². The highest BCUT2D eigenvalue weighted by atomic mass is 16.5. The average molecular weight is 151 g/mol. The Morgan fingerprint density at radius 3 is 3.00 bits per heavy atom. The van der Waals surface area contributed by atoms with Gasteiger partial charge in [0.1, 0.15) is 12.4 Å². The minimum atomic E-state index is 0.109. The molecule has 4 heteroatoms. The normalized spacial score (nSPS) is 22.7. The summed E-state index contributed by atoms with van der Waals surface area (Å²) in [5, 5.41) is 0. The Bertz CT molecular complexity index is 260. The van der Waals surface area contributed by atoms with E-state index in [0.29, 0.717) is 5.69 Å². The second kappa shape index (κ2) is 2.47. The number of hydrogen-bond donors (Lipinski definition) is 1. The topological polar surface area (TPSA) is 61.0 Å². The summed E-state index contributed by atoms with van der Waals surface area (Å²) < 4.78 is 5.23. The summed E-state index contributed by atoms with van der Waals surface area (Å²) in [4.78, 5) is 7.83. The molecule has 0 aliphatic carbocycles. The van der Waals surface area contributed by atoms with Crippen LogP contribution in [0.2, 0.25) is 0 Å². The van der Waals surface area contributed by atoms with E-state index in [1.165, 1.54) is 6.33 Å². The van der Waals surface area contributed by atoms with Gasteiger partial charge in [-0.15, -0.1) is 0 Å². The van der Waals surface area contributed by atoms with Gasteiger partial charge in [0.2, 0.25) is 0 Å². The zero-order chi connectivity index (χ0) is 7.68. The lowest BCUT2D eigenvalue weighted by molar-refractivity contribution is -0.0548. The molecule has 1 fully saturated rings. The Hall–Kier alpha value is -1.16. The molecule has 2 N–H and O–H groups in total. The standard InChI is InChI=1S/C7H9N3O/c8-5-3-9-4-10-7(5)6-1-2-11-6/h3-4,6H,1-2,8H2. The van der Waals surface area contributed by atoms with Crippen molar-refractivity contribution in [3.05, 3.63) is 18.2 Å². The largest absolute Gasteiger partial charge is 0.396 e. The maximum Gasteiger partial charge on any atom is 0.115 e. The van der Waals surface area contributed by atoms with Crippen LogP contribution in [-0.2, 0) is 4.74 Å². The molecule has 1 saturated heterocycles. The van der Waals surface area contributed by atoms with Crippen LogP contribution in [0, 0.1) is 0 Å². The van der Waals surface area contributed by atoms with Crippen molar-refractivity contribution in [2.24, 2.45) is 0 Å². The maximum absolute atomic E-state index is 5.63. The Kier molecular flexibility index (Phi) is 1.47. The Labute approximate surface area is 64.4 Å². The van der Waals surface area contributed by atoms with Crippen LogP contribution in [0.15, 0.2) is 12.5 Å². The molecule has 0 bridgehead atoms. The van der Waals surface area contributed by atoms with Crippen molar-refractivity contribution in [3.8, 4) is 0 Å². The lowest BCUT2D eigenvalue weighted by Gasteiger charge is -2.26. The van der Waals surface area contributed by atoms with Gasteiger partial charge in [0, 0.05) is 6.42 Å². The molecule has 0 radical (unpaired) electrons. The zero-order valence-electron chi connectivity index (χ0n) is 6.03. The second-order valence-electron chi connectivity index (χ2n) is 2.51. The van der Waals surface area contributed by atoms with Gasteiger partial charge in [0.05, 0.1) is 24.2 Å². The Balaban J connectivity index is 2.28. The van der Waals surface area contributed by atoms with Crippen LogP contribution in [0.4, 0.5) is 5.69 Å². The van der Waals surface area contributed by atoms with Gasteiger partial charge in [-0.25, -0.2) is 9.97 Å². The fraction of sp³-hybridized carbons (Fsp3) is 0.429. The monoisotopic (exact) mass is 151 g/mol. The SMILES string of the molecule is Nc1cncnc1C1CCO1. The molecule has 0 aromatic carbocycles. The lowest BCUT2D eigenvalue weighted by atomic mass is 10.1. The third-order valence-corrected chi connectivity index (χ3v) is 1.78. The van der Waals surface area contributed by atoms with Gasteiger partial charge in [0.15, 0.2) is 0 Å². The third-order valence-electron chi connectivity index (χ3n) is 1.78. The van der Waals surface area contributed by atoms with E-state index in [1.54, 1.807) is 6.20 Å². The van der Waals surface area contributed by atoms with Crippen LogP contribution in [0.25, 0.3) is 0 Å². The average Bonchev–Trinajstić information content (AvgIpc) is 1.90. The Morgan fingerprint density at radius 1 is 1.64 bits per heavy atom. The molecule has 0 spiro atoms. The second-order valence-corrected chi connectivity index (χ2v) is 2.51. The number of hydrogen-bond acceptors (Lipinski definition) is 4. The molecule has 2 heterocycles. The smallest absolute Gasteiger partial charge is 0.115 e. The number of aromatic nitrogens is 2. The van der Waals surface area contributed by atoms with E-state index in [2.05, 4.69) is 9.97 Å². The first-order valence-electron chi connectivity index (χ1n) is 3.55. The quantitative estimate of drug-likeness (QED) is 0.635. The van der Waals surface area contributed by atoms with E-state index in [9.17, 15) is 0 Å². The van der Waals surface area contributed by atoms with Gasteiger partial charge in [-0.1, -0.05) is 0 Å². The fourth-order valence-corrected chi connectivity index (χ4v) is 1.07. The van der Waals surface area contributed by atoms with Gasteiger partial charge in [-0.2, -0.15) is 0 Å². The maximum atomic E-state index is 5.63. The van der Waals surface area contributed by atoms with Crippen molar-refractivity contribution in [2.45, 2.75) is 12.5 Å². The summed E-state index contributed by atoms with van der Waals surface area (Å²) in [6.45, 7) is 0.814. The van der Waals surface area contributed by atoms with Crippen molar-refractivity contribution in [3.63, 3.8) is 0 Å². The summed E-state index contributed by atoms with van der Waals surface area (Å²) in [6, 6.07) is 0. The summed E-state index contributed by atoms with van der Waals surface area (Å²) in [5.41, 5.74) is 7.07. The van der Waals surface area contributed by atoms with E-state index in [0.717, 1.165) is 18.7 Å². The van der Waals surface area contributed by atoms with E-state index in [1.807, 2.05) is 0 Å². The van der Waals surface area contributed by atoms with Crippen molar-refractivity contribution in [2.75, 3.05) is 12.3 Å². The highest BCUT2D eigenvalue weighted by Crippen LogP contribution is 2.30. The molecular weight excluding hydrogens is 142 g/mol. The van der Waals surface area contributed by atoms with E-state index < -0.39 is 0 Å². The Morgan fingerprint density at radius 2 is 2.45 bits per heavy atom. The number of ether oxygens (including phenoxy) is 1. The third kappa shape index (κ3) is 1.05. The molecular formula is C7H9N3O. The molecule has 0 saturated carbocycles. The van der Waals surface area contributed by atoms with Crippen molar-refractivity contribution in [1.82, 2.24) is 9.97 Å². The molecule has 1 aromatic heterocycles. The van der Waals surface area contributed by atoms with Crippen LogP contribution in [0.1, 0.15) is 18.2 Å². The molecule has 1 aliphatic heterocycles. The van der Waals surface area contributed by atoms with E-state index in [-0.39, 0.29) is 6.10 Å². The van der Waals surface area contributed by atoms with Crippen molar-refractivity contribution in [1.29, 1.82) is 0 Å². The number of nitrogens with zero attached hydrogens (tertiary/aromatic N) is 2. The van der Waals surface area contributed by atoms with Gasteiger partial charge >= 0.3 is 0 Å². The molecule has 58 valence electrons. The molecule has 2 rings (SSSR count). The highest BCUT2D eigenvalue weighted by Gasteiger charge is 2.23. The number of nitrogen functional groups attached to an aromatic ring is 1. The zero-order valence-corrected chi connectivity index (χ0v) is 6.03. The summed E-state index contributed by atoms with van der Waals surface area (Å²) in [6.07, 6.45) is 4.22. The molecule has 1 aromatic rings. The predicted molar refractivity (Wildman–Crippen MR) is 39.8 cm³/mol. The number of nitrogens with two attached hydrogens (primary N) is 1. The first-order chi connectivity index (χ1) is 5.38. The molecule has 11 heavy (non-hydrogen) atoms. The first kappa shape index (κ1) is 6.54. The summed E-state index contributed by atoms with van der Waals surface area (Å²) >= 11 is 0.